The molecule has 0 aliphatic carbocycles. The van der Waals surface area contributed by atoms with Crippen LogP contribution in [0.15, 0.2) is 133 Å². The number of imidazole rings is 1. The molecule has 8 rings (SSSR count). The Labute approximate surface area is 363 Å². The van der Waals surface area contributed by atoms with Gasteiger partial charge in [0.2, 0.25) is 0 Å². The van der Waals surface area contributed by atoms with Gasteiger partial charge < -0.3 is 9.51 Å². The summed E-state index contributed by atoms with van der Waals surface area (Å²) in [6.45, 7) is 18.9. The van der Waals surface area contributed by atoms with E-state index in [4.69, 9.17) is 4.98 Å². The number of hydrogen-bond acceptors (Lipinski definition) is 3. The second kappa shape index (κ2) is 17.3. The Kier molecular flexibility index (Phi) is 12.7. The molecular weight excluding hydrogens is 901 g/mol. The molecule has 2 heterocycles. The van der Waals surface area contributed by atoms with Crippen LogP contribution in [0.1, 0.15) is 93.6 Å². The van der Waals surface area contributed by atoms with Crippen molar-refractivity contribution in [1.82, 2.24) is 9.38 Å². The van der Waals surface area contributed by atoms with Crippen molar-refractivity contribution in [3.8, 4) is 11.4 Å². The Morgan fingerprint density at radius 1 is 0.627 bits per heavy atom. The third-order valence-corrected chi connectivity index (χ3v) is 13.0. The van der Waals surface area contributed by atoms with E-state index >= 15 is 0 Å². The molecule has 6 aromatic carbocycles. The fourth-order valence-corrected chi connectivity index (χ4v) is 8.22. The summed E-state index contributed by atoms with van der Waals surface area (Å²) < 4.78 is 2.38. The van der Waals surface area contributed by atoms with E-state index in [0.29, 0.717) is 0 Å². The molecule has 305 valence electrons. The van der Waals surface area contributed by atoms with E-state index < -0.39 is 0 Å². The van der Waals surface area contributed by atoms with E-state index in [-0.39, 0.29) is 47.9 Å². The number of nitrogens with zero attached hydrogens (tertiary/aromatic N) is 2. The number of benzene rings is 6. The van der Waals surface area contributed by atoms with Gasteiger partial charge in [-0.25, -0.2) is 0 Å². The number of carbonyl (C=O) groups excluding carboxylic acids is 1. The maximum Gasteiger partial charge on any atom is 0.164 e. The van der Waals surface area contributed by atoms with Crippen LogP contribution in [0.3, 0.4) is 0 Å². The molecule has 0 aliphatic rings. The third-order valence-electron chi connectivity index (χ3n) is 13.0. The van der Waals surface area contributed by atoms with Crippen LogP contribution < -0.4 is 0 Å². The van der Waals surface area contributed by atoms with Crippen molar-refractivity contribution in [1.29, 1.82) is 0 Å². The molecule has 0 spiro atoms. The number of aliphatic hydroxyl groups excluding tert-OH is 1. The quantitative estimate of drug-likeness (QED) is 0.0938. The topological polar surface area (TPSA) is 54.6 Å². The van der Waals surface area contributed by atoms with Gasteiger partial charge in [-0.15, -0.1) is 29.1 Å². The van der Waals surface area contributed by atoms with E-state index in [1.807, 2.05) is 41.5 Å². The number of aromatic nitrogens is 2. The molecule has 8 aromatic rings. The zero-order chi connectivity index (χ0) is 41.4. The van der Waals surface area contributed by atoms with Crippen LogP contribution in [0.5, 0.6) is 0 Å². The van der Waals surface area contributed by atoms with Crippen molar-refractivity contribution in [2.75, 3.05) is 0 Å². The van der Waals surface area contributed by atoms with Gasteiger partial charge in [0.1, 0.15) is 5.76 Å². The van der Waals surface area contributed by atoms with Gasteiger partial charge in [0.05, 0.1) is 16.9 Å². The molecule has 0 aliphatic heterocycles. The summed E-state index contributed by atoms with van der Waals surface area (Å²) >= 11 is 0. The van der Waals surface area contributed by atoms with Crippen molar-refractivity contribution in [2.24, 2.45) is 10.8 Å². The molecule has 0 saturated heterocycles. The Bertz CT molecular complexity index is 2890. The minimum absolute atomic E-state index is 0. The molecule has 1 N–H and O–H groups in total. The number of hydrogen-bond donors (Lipinski definition) is 1. The minimum Gasteiger partial charge on any atom is -0.512 e. The van der Waals surface area contributed by atoms with Gasteiger partial charge in [0, 0.05) is 53.3 Å². The first-order valence-electron chi connectivity index (χ1n) is 21.0. The largest absolute Gasteiger partial charge is 0.512 e. The maximum atomic E-state index is 12.2. The third kappa shape index (κ3) is 8.00. The standard InChI is InChI=1S/C39H29N2.C15H28O2.Ir/c1-39(2,3)34-24-26(23-25-13-4-5-14-27(25)34)38-40-35-21-12-20-33-31-18-9-7-16-29(31)28-15-6-8-17-30(28)32-19-10-11-22-36(32)41(38)37(33)35;1-7-14(5,8-2)12(16)11-13(17)15(6,9-3)10-4;/h4-22,24H,1-3H3;11,16H,7-10H2,1-6H3;/q-1;;/b;12-11-;. The summed E-state index contributed by atoms with van der Waals surface area (Å²) in [5.41, 5.74) is 4.89. The van der Waals surface area contributed by atoms with Gasteiger partial charge in [0.15, 0.2) is 5.78 Å². The Morgan fingerprint density at radius 2 is 1.10 bits per heavy atom. The van der Waals surface area contributed by atoms with Gasteiger partial charge in [-0.05, 0) is 64.8 Å². The second-order valence-corrected chi connectivity index (χ2v) is 17.4. The second-order valence-electron chi connectivity index (χ2n) is 17.4. The number of carbonyl (C=O) groups is 1. The van der Waals surface area contributed by atoms with E-state index in [1.165, 1.54) is 49.3 Å². The summed E-state index contributed by atoms with van der Waals surface area (Å²) in [6, 6.07) is 47.5. The maximum absolute atomic E-state index is 12.2. The molecule has 5 heteroatoms. The van der Waals surface area contributed by atoms with E-state index in [1.54, 1.807) is 0 Å². The van der Waals surface area contributed by atoms with Gasteiger partial charge in [0.25, 0.3) is 0 Å². The summed E-state index contributed by atoms with van der Waals surface area (Å²) in [4.78, 5) is 17.5. The Morgan fingerprint density at radius 3 is 1.66 bits per heavy atom. The van der Waals surface area contributed by atoms with E-state index in [9.17, 15) is 9.90 Å². The molecule has 1 radical (unpaired) electrons. The monoisotopic (exact) mass is 958 g/mol. The summed E-state index contributed by atoms with van der Waals surface area (Å²) in [5.74, 6) is 1.20. The number of aliphatic hydroxyl groups is 1. The molecule has 4 nitrogen and oxygen atoms in total. The SMILES string of the molecule is CC(C)(C)c1cc(-c2nc3cccc4c5ccccc5c5ccccc5c5ccccc5n2c34)[c-]c2ccccc12.CCC(C)(CC)C(=O)/C=C(\O)C(C)(CC)CC.[Ir]. The fraction of sp³-hybridized carbons (Fsp3) is 0.296. The predicted octanol–water partition coefficient (Wildman–Crippen LogP) is 15.1. The van der Waals surface area contributed by atoms with Gasteiger partial charge >= 0.3 is 0 Å². The van der Waals surface area contributed by atoms with Crippen molar-refractivity contribution < 1.29 is 30.0 Å². The van der Waals surface area contributed by atoms with Crippen LogP contribution in [0.4, 0.5) is 0 Å². The number of para-hydroxylation sites is 2. The molecular formula is C54H57IrN2O2-. The van der Waals surface area contributed by atoms with Gasteiger partial charge in [-0.3, -0.25) is 9.78 Å². The number of ketones is 1. The normalized spacial score (nSPS) is 12.5. The molecule has 0 fully saturated rings. The Hall–Kier alpha value is -5.09. The van der Waals surface area contributed by atoms with Crippen LogP contribution in [-0.4, -0.2) is 20.3 Å². The average Bonchev–Trinajstić information content (AvgIpc) is 3.66. The fourth-order valence-electron chi connectivity index (χ4n) is 8.22. The molecule has 0 saturated carbocycles. The zero-order valence-electron chi connectivity index (χ0n) is 36.0. The average molecular weight is 958 g/mol. The molecule has 0 amide bonds. The van der Waals surface area contributed by atoms with Crippen LogP contribution in [-0.2, 0) is 30.3 Å². The molecule has 0 bridgehead atoms. The zero-order valence-corrected chi connectivity index (χ0v) is 38.4. The number of rotatable bonds is 8. The molecule has 0 unspecified atom stereocenters. The van der Waals surface area contributed by atoms with E-state index in [2.05, 4.69) is 153 Å². The van der Waals surface area contributed by atoms with Gasteiger partial charge in [-0.2, -0.15) is 0 Å². The molecule has 2 aromatic heterocycles. The van der Waals surface area contributed by atoms with Crippen molar-refractivity contribution in [2.45, 2.75) is 93.4 Å². The summed E-state index contributed by atoms with van der Waals surface area (Å²) in [6.07, 6.45) is 4.75. The van der Waals surface area contributed by atoms with Gasteiger partial charge in [-0.1, -0.05) is 170 Å². The van der Waals surface area contributed by atoms with Crippen LogP contribution in [0.2, 0.25) is 0 Å². The number of fused-ring (bicyclic) bond motifs is 8. The molecule has 59 heavy (non-hydrogen) atoms. The van der Waals surface area contributed by atoms with Crippen molar-refractivity contribution in [3.05, 3.63) is 145 Å². The smallest absolute Gasteiger partial charge is 0.164 e. The predicted molar refractivity (Wildman–Crippen MR) is 248 cm³/mol. The van der Waals surface area contributed by atoms with Crippen LogP contribution in [0, 0.1) is 16.9 Å². The van der Waals surface area contributed by atoms with Crippen molar-refractivity contribution >= 4 is 65.4 Å². The van der Waals surface area contributed by atoms with Crippen LogP contribution >= 0.6 is 0 Å². The minimum atomic E-state index is -0.337. The number of allylic oxidation sites excluding steroid dienone is 2. The van der Waals surface area contributed by atoms with E-state index in [0.717, 1.165) is 59.0 Å². The first kappa shape index (κ1) is 43.5. The van der Waals surface area contributed by atoms with Crippen molar-refractivity contribution in [3.63, 3.8) is 0 Å². The summed E-state index contributed by atoms with van der Waals surface area (Å²) in [7, 11) is 0. The summed E-state index contributed by atoms with van der Waals surface area (Å²) in [5, 5.41) is 19.8. The Balaban J connectivity index is 0.000000279. The first-order chi connectivity index (χ1) is 27.8. The molecule has 0 atom stereocenters. The van der Waals surface area contributed by atoms with Crippen LogP contribution in [0.25, 0.3) is 71.0 Å². The first-order valence-corrected chi connectivity index (χ1v) is 21.0.